The Balaban J connectivity index is 1.61. The lowest BCUT2D eigenvalue weighted by Crippen LogP contribution is -2.30. The van der Waals surface area contributed by atoms with Gasteiger partial charge in [-0.25, -0.2) is 18.7 Å². The normalized spacial score (nSPS) is 23.9. The van der Waals surface area contributed by atoms with E-state index in [1.165, 1.54) is 19.2 Å². The first-order valence-corrected chi connectivity index (χ1v) is 6.49. The Kier molecular flexibility index (Phi) is 2.92. The van der Waals surface area contributed by atoms with Gasteiger partial charge in [0, 0.05) is 24.8 Å². The minimum atomic E-state index is -2.51. The van der Waals surface area contributed by atoms with Crippen molar-refractivity contribution in [1.82, 2.24) is 9.97 Å². The van der Waals surface area contributed by atoms with Gasteiger partial charge in [-0.2, -0.15) is 0 Å². The number of aromatic nitrogens is 2. The molecular weight excluding hydrogens is 238 g/mol. The van der Waals surface area contributed by atoms with Crippen LogP contribution in [-0.2, 0) is 0 Å². The first kappa shape index (κ1) is 11.8. The van der Waals surface area contributed by atoms with Gasteiger partial charge in [0.05, 0.1) is 5.69 Å². The van der Waals surface area contributed by atoms with Gasteiger partial charge in [0.1, 0.15) is 12.4 Å². The molecule has 1 aromatic heterocycles. The van der Waals surface area contributed by atoms with Crippen molar-refractivity contribution >= 4 is 0 Å². The Bertz CT molecular complexity index is 425. The molecule has 3 rings (SSSR count). The molecule has 0 spiro atoms. The number of hydrogen-bond donors (Lipinski definition) is 0. The van der Waals surface area contributed by atoms with Gasteiger partial charge in [-0.15, -0.1) is 0 Å². The van der Waals surface area contributed by atoms with Crippen molar-refractivity contribution in [2.24, 2.45) is 0 Å². The maximum absolute atomic E-state index is 13.0. The lowest BCUT2D eigenvalue weighted by Gasteiger charge is -2.28. The summed E-state index contributed by atoms with van der Waals surface area (Å²) in [5.41, 5.74) is 1.01. The SMILES string of the molecule is FC1(F)CCC(Oc2cc(C3CC3)ncn2)CC1. The van der Waals surface area contributed by atoms with E-state index in [0.29, 0.717) is 24.6 Å². The number of hydrogen-bond acceptors (Lipinski definition) is 3. The second kappa shape index (κ2) is 4.44. The number of nitrogens with zero attached hydrogens (tertiary/aromatic N) is 2. The highest BCUT2D eigenvalue weighted by molar-refractivity contribution is 5.20. The quantitative estimate of drug-likeness (QED) is 0.830. The van der Waals surface area contributed by atoms with Crippen LogP contribution in [0.25, 0.3) is 0 Å². The maximum atomic E-state index is 13.0. The van der Waals surface area contributed by atoms with Crippen molar-refractivity contribution in [3.63, 3.8) is 0 Å². The minimum absolute atomic E-state index is 0.0851. The third kappa shape index (κ3) is 2.76. The summed E-state index contributed by atoms with van der Waals surface area (Å²) >= 11 is 0. The molecule has 2 saturated carbocycles. The van der Waals surface area contributed by atoms with Crippen LogP contribution in [0.3, 0.4) is 0 Å². The lowest BCUT2D eigenvalue weighted by molar-refractivity contribution is -0.0588. The molecule has 98 valence electrons. The summed E-state index contributed by atoms with van der Waals surface area (Å²) in [6.45, 7) is 0. The van der Waals surface area contributed by atoms with Crippen LogP contribution in [0.4, 0.5) is 8.78 Å². The van der Waals surface area contributed by atoms with Crippen LogP contribution < -0.4 is 4.74 Å². The number of halogens is 2. The van der Waals surface area contributed by atoms with Gasteiger partial charge in [-0.3, -0.25) is 0 Å². The van der Waals surface area contributed by atoms with Gasteiger partial charge in [-0.1, -0.05) is 0 Å². The molecule has 0 unspecified atom stereocenters. The fourth-order valence-corrected chi connectivity index (χ4v) is 2.32. The van der Waals surface area contributed by atoms with E-state index in [-0.39, 0.29) is 18.9 Å². The van der Waals surface area contributed by atoms with E-state index in [2.05, 4.69) is 9.97 Å². The van der Waals surface area contributed by atoms with Crippen LogP contribution in [0.2, 0.25) is 0 Å². The maximum Gasteiger partial charge on any atom is 0.248 e. The first-order chi connectivity index (χ1) is 8.62. The molecule has 2 fully saturated rings. The Hall–Kier alpha value is -1.26. The summed E-state index contributed by atoms with van der Waals surface area (Å²) in [6.07, 6.45) is 4.34. The second-order valence-corrected chi connectivity index (χ2v) is 5.23. The van der Waals surface area contributed by atoms with Gasteiger partial charge >= 0.3 is 0 Å². The number of ether oxygens (including phenoxy) is 1. The van der Waals surface area contributed by atoms with Gasteiger partial charge in [0.25, 0.3) is 0 Å². The summed E-state index contributed by atoms with van der Waals surface area (Å²) in [5, 5.41) is 0. The van der Waals surface area contributed by atoms with E-state index in [4.69, 9.17) is 4.74 Å². The zero-order valence-electron chi connectivity index (χ0n) is 10.1. The fourth-order valence-electron chi connectivity index (χ4n) is 2.32. The lowest BCUT2D eigenvalue weighted by atomic mass is 9.94. The molecule has 1 aromatic rings. The monoisotopic (exact) mass is 254 g/mol. The molecular formula is C13H16F2N2O. The van der Waals surface area contributed by atoms with Crippen LogP contribution in [0.15, 0.2) is 12.4 Å². The number of alkyl halides is 2. The average Bonchev–Trinajstić information content (AvgIpc) is 3.16. The molecule has 0 aliphatic heterocycles. The topological polar surface area (TPSA) is 35.0 Å². The van der Waals surface area contributed by atoms with Crippen molar-refractivity contribution < 1.29 is 13.5 Å². The van der Waals surface area contributed by atoms with Crippen LogP contribution in [0.5, 0.6) is 5.88 Å². The third-order valence-corrected chi connectivity index (χ3v) is 3.61. The van der Waals surface area contributed by atoms with Crippen LogP contribution >= 0.6 is 0 Å². The molecule has 0 radical (unpaired) electrons. The third-order valence-electron chi connectivity index (χ3n) is 3.61. The standard InChI is InChI=1S/C13H16F2N2O/c14-13(15)5-3-10(4-6-13)18-12-7-11(9-1-2-9)16-8-17-12/h7-10H,1-6H2. The van der Waals surface area contributed by atoms with Crippen LogP contribution in [0.1, 0.15) is 50.1 Å². The molecule has 2 aliphatic carbocycles. The molecule has 0 bridgehead atoms. The van der Waals surface area contributed by atoms with Crippen LogP contribution in [0, 0.1) is 0 Å². The summed E-state index contributed by atoms with van der Waals surface area (Å²) in [4.78, 5) is 8.27. The fraction of sp³-hybridized carbons (Fsp3) is 0.692. The molecule has 0 saturated heterocycles. The predicted molar refractivity (Wildman–Crippen MR) is 61.8 cm³/mol. The molecule has 1 heterocycles. The summed E-state index contributed by atoms with van der Waals surface area (Å²) < 4.78 is 31.7. The predicted octanol–water partition coefficient (Wildman–Crippen LogP) is 3.31. The van der Waals surface area contributed by atoms with E-state index in [1.807, 2.05) is 6.07 Å². The zero-order valence-corrected chi connectivity index (χ0v) is 10.1. The average molecular weight is 254 g/mol. The van der Waals surface area contributed by atoms with E-state index in [1.54, 1.807) is 0 Å². The molecule has 3 nitrogen and oxygen atoms in total. The van der Waals surface area contributed by atoms with Gasteiger partial charge in [0.2, 0.25) is 11.8 Å². The molecule has 0 atom stereocenters. The summed E-state index contributed by atoms with van der Waals surface area (Å²) in [6, 6.07) is 1.85. The molecule has 2 aliphatic rings. The smallest absolute Gasteiger partial charge is 0.248 e. The molecule has 18 heavy (non-hydrogen) atoms. The van der Waals surface area contributed by atoms with Gasteiger partial charge < -0.3 is 4.74 Å². The zero-order chi connectivity index (χ0) is 12.6. The first-order valence-electron chi connectivity index (χ1n) is 6.49. The Morgan fingerprint density at radius 2 is 1.83 bits per heavy atom. The van der Waals surface area contributed by atoms with Crippen molar-refractivity contribution in [3.8, 4) is 5.88 Å². The number of rotatable bonds is 3. The van der Waals surface area contributed by atoms with E-state index < -0.39 is 5.92 Å². The Morgan fingerprint density at radius 1 is 1.11 bits per heavy atom. The molecule has 5 heteroatoms. The largest absolute Gasteiger partial charge is 0.474 e. The van der Waals surface area contributed by atoms with Gasteiger partial charge in [-0.05, 0) is 25.7 Å². The van der Waals surface area contributed by atoms with E-state index in [9.17, 15) is 8.78 Å². The van der Waals surface area contributed by atoms with E-state index >= 15 is 0 Å². The molecule has 0 N–H and O–H groups in total. The molecule has 0 aromatic carbocycles. The van der Waals surface area contributed by atoms with Crippen LogP contribution in [-0.4, -0.2) is 22.0 Å². The summed E-state index contributed by atoms with van der Waals surface area (Å²) in [5.74, 6) is -1.43. The Labute approximate surface area is 105 Å². The summed E-state index contributed by atoms with van der Waals surface area (Å²) in [7, 11) is 0. The minimum Gasteiger partial charge on any atom is -0.474 e. The van der Waals surface area contributed by atoms with Crippen molar-refractivity contribution in [1.29, 1.82) is 0 Å². The highest BCUT2D eigenvalue weighted by Crippen LogP contribution is 2.40. The molecule has 0 amide bonds. The van der Waals surface area contributed by atoms with Crippen molar-refractivity contribution in [3.05, 3.63) is 18.1 Å². The van der Waals surface area contributed by atoms with Crippen molar-refractivity contribution in [2.45, 2.75) is 56.5 Å². The highest BCUT2D eigenvalue weighted by atomic mass is 19.3. The Morgan fingerprint density at radius 3 is 2.50 bits per heavy atom. The highest BCUT2D eigenvalue weighted by Gasteiger charge is 2.36. The van der Waals surface area contributed by atoms with Crippen molar-refractivity contribution in [2.75, 3.05) is 0 Å². The second-order valence-electron chi connectivity index (χ2n) is 5.23. The van der Waals surface area contributed by atoms with Gasteiger partial charge in [0.15, 0.2) is 0 Å². The van der Waals surface area contributed by atoms with E-state index in [0.717, 1.165) is 5.69 Å².